The zero-order valence-corrected chi connectivity index (χ0v) is 16.6. The summed E-state index contributed by atoms with van der Waals surface area (Å²) in [5.41, 5.74) is 5.91. The lowest BCUT2D eigenvalue weighted by atomic mass is 10.0. The Morgan fingerprint density at radius 3 is 2.68 bits per heavy atom. The SMILES string of the molecule is Cl.NCCC(=O)NCC1CCCCN1C(=O)CNC(=O)Cc1cccc(F)c1. The molecule has 0 bridgehead atoms. The lowest BCUT2D eigenvalue weighted by Gasteiger charge is -2.36. The van der Waals surface area contributed by atoms with Crippen LogP contribution >= 0.6 is 12.4 Å². The van der Waals surface area contributed by atoms with Crippen molar-refractivity contribution in [2.45, 2.75) is 38.1 Å². The van der Waals surface area contributed by atoms with Crippen molar-refractivity contribution in [3.05, 3.63) is 35.6 Å². The zero-order valence-electron chi connectivity index (χ0n) is 15.8. The Bertz CT molecular complexity index is 674. The van der Waals surface area contributed by atoms with Gasteiger partial charge in [-0.2, -0.15) is 0 Å². The van der Waals surface area contributed by atoms with E-state index in [-0.39, 0.29) is 62.1 Å². The van der Waals surface area contributed by atoms with Crippen molar-refractivity contribution in [2.24, 2.45) is 5.73 Å². The van der Waals surface area contributed by atoms with Gasteiger partial charge in [0.1, 0.15) is 5.82 Å². The van der Waals surface area contributed by atoms with E-state index < -0.39 is 5.82 Å². The van der Waals surface area contributed by atoms with Crippen LogP contribution in [-0.4, -0.2) is 54.8 Å². The molecule has 1 aliphatic heterocycles. The number of halogens is 2. The average Bonchev–Trinajstić information content (AvgIpc) is 2.65. The van der Waals surface area contributed by atoms with Crippen molar-refractivity contribution < 1.29 is 18.8 Å². The molecule has 2 rings (SSSR count). The summed E-state index contributed by atoms with van der Waals surface area (Å²) in [5.74, 6) is -1.04. The first-order chi connectivity index (χ1) is 13.0. The van der Waals surface area contributed by atoms with E-state index in [0.29, 0.717) is 18.7 Å². The minimum atomic E-state index is -0.399. The molecule has 7 nitrogen and oxygen atoms in total. The van der Waals surface area contributed by atoms with Crippen molar-refractivity contribution in [1.82, 2.24) is 15.5 Å². The van der Waals surface area contributed by atoms with Crippen LogP contribution < -0.4 is 16.4 Å². The van der Waals surface area contributed by atoms with Crippen LogP contribution in [0.2, 0.25) is 0 Å². The number of likely N-dealkylation sites (tertiary alicyclic amines) is 1. The van der Waals surface area contributed by atoms with Crippen LogP contribution in [0.5, 0.6) is 0 Å². The standard InChI is InChI=1S/C19H27FN4O3.ClH/c20-15-5-3-4-14(10-15)11-18(26)23-13-19(27)24-9-2-1-6-16(24)12-22-17(25)7-8-21;/h3-5,10,16H,1-2,6-9,11-13,21H2,(H,22,25)(H,23,26);1H. The van der Waals surface area contributed by atoms with Gasteiger partial charge in [0, 0.05) is 32.1 Å². The maximum Gasteiger partial charge on any atom is 0.242 e. The third kappa shape index (κ3) is 7.82. The first-order valence-electron chi connectivity index (χ1n) is 9.27. The molecule has 0 aromatic heterocycles. The van der Waals surface area contributed by atoms with Crippen LogP contribution in [0.4, 0.5) is 4.39 Å². The lowest BCUT2D eigenvalue weighted by molar-refractivity contribution is -0.136. The maximum atomic E-state index is 13.2. The van der Waals surface area contributed by atoms with Gasteiger partial charge in [0.15, 0.2) is 0 Å². The lowest BCUT2D eigenvalue weighted by Crippen LogP contribution is -2.52. The van der Waals surface area contributed by atoms with Gasteiger partial charge in [-0.05, 0) is 37.0 Å². The van der Waals surface area contributed by atoms with Crippen LogP contribution in [0.15, 0.2) is 24.3 Å². The number of hydrogen-bond donors (Lipinski definition) is 3. The van der Waals surface area contributed by atoms with Crippen molar-refractivity contribution in [3.63, 3.8) is 0 Å². The van der Waals surface area contributed by atoms with Crippen molar-refractivity contribution >= 4 is 30.1 Å². The van der Waals surface area contributed by atoms with E-state index in [1.54, 1.807) is 17.0 Å². The highest BCUT2D eigenvalue weighted by Crippen LogP contribution is 2.16. The van der Waals surface area contributed by atoms with Gasteiger partial charge in [-0.3, -0.25) is 14.4 Å². The number of piperidine rings is 1. The molecule has 4 N–H and O–H groups in total. The molecule has 1 aromatic rings. The third-order valence-corrected chi connectivity index (χ3v) is 4.54. The number of hydrogen-bond acceptors (Lipinski definition) is 4. The molecule has 0 spiro atoms. The Kier molecular flexibility index (Phi) is 10.5. The largest absolute Gasteiger partial charge is 0.354 e. The maximum absolute atomic E-state index is 13.2. The summed E-state index contributed by atoms with van der Waals surface area (Å²) < 4.78 is 13.2. The molecule has 1 aromatic carbocycles. The van der Waals surface area contributed by atoms with Crippen LogP contribution in [0.3, 0.4) is 0 Å². The highest BCUT2D eigenvalue weighted by molar-refractivity contribution is 5.86. The summed E-state index contributed by atoms with van der Waals surface area (Å²) >= 11 is 0. The average molecular weight is 415 g/mol. The van der Waals surface area contributed by atoms with Gasteiger partial charge in [-0.15, -0.1) is 12.4 Å². The van der Waals surface area contributed by atoms with E-state index in [1.165, 1.54) is 12.1 Å². The number of amides is 3. The number of nitrogens with two attached hydrogens (primary N) is 1. The van der Waals surface area contributed by atoms with Crippen LogP contribution in [0, 0.1) is 5.82 Å². The van der Waals surface area contributed by atoms with Crippen molar-refractivity contribution in [1.29, 1.82) is 0 Å². The second kappa shape index (κ2) is 12.3. The molecule has 0 radical (unpaired) electrons. The van der Waals surface area contributed by atoms with E-state index in [4.69, 9.17) is 5.73 Å². The summed E-state index contributed by atoms with van der Waals surface area (Å²) in [6.45, 7) is 1.18. The fourth-order valence-electron chi connectivity index (χ4n) is 3.16. The summed E-state index contributed by atoms with van der Waals surface area (Å²) in [7, 11) is 0. The second-order valence-electron chi connectivity index (χ2n) is 6.66. The van der Waals surface area contributed by atoms with Crippen LogP contribution in [0.1, 0.15) is 31.2 Å². The molecule has 0 aliphatic carbocycles. The minimum Gasteiger partial charge on any atom is -0.354 e. The van der Waals surface area contributed by atoms with E-state index >= 15 is 0 Å². The topological polar surface area (TPSA) is 105 Å². The van der Waals surface area contributed by atoms with Gasteiger partial charge in [-0.1, -0.05) is 12.1 Å². The number of rotatable bonds is 8. The molecule has 156 valence electrons. The quantitative estimate of drug-likeness (QED) is 0.583. The Morgan fingerprint density at radius 2 is 1.96 bits per heavy atom. The Balaban J connectivity index is 0.00000392. The van der Waals surface area contributed by atoms with Crippen molar-refractivity contribution in [3.8, 4) is 0 Å². The molecule has 3 amide bonds. The molecule has 1 unspecified atom stereocenters. The number of benzene rings is 1. The van der Waals surface area contributed by atoms with Crippen molar-refractivity contribution in [2.75, 3.05) is 26.2 Å². The molecule has 1 saturated heterocycles. The molecule has 1 atom stereocenters. The van der Waals surface area contributed by atoms with E-state index in [0.717, 1.165) is 19.3 Å². The third-order valence-electron chi connectivity index (χ3n) is 4.54. The number of carbonyl (C=O) groups is 3. The Labute approximate surface area is 170 Å². The van der Waals surface area contributed by atoms with Crippen LogP contribution in [0.25, 0.3) is 0 Å². The summed E-state index contributed by atoms with van der Waals surface area (Å²) in [5, 5.41) is 5.40. The number of nitrogens with one attached hydrogen (secondary N) is 2. The van der Waals surface area contributed by atoms with E-state index in [9.17, 15) is 18.8 Å². The van der Waals surface area contributed by atoms with Gasteiger partial charge in [0.2, 0.25) is 17.7 Å². The summed E-state index contributed by atoms with van der Waals surface area (Å²) in [4.78, 5) is 37.8. The minimum absolute atomic E-state index is 0. The van der Waals surface area contributed by atoms with Crippen LogP contribution in [-0.2, 0) is 20.8 Å². The van der Waals surface area contributed by atoms with E-state index in [2.05, 4.69) is 10.6 Å². The molecule has 0 saturated carbocycles. The normalized spacial score (nSPS) is 16.1. The number of nitrogens with zero attached hydrogens (tertiary/aromatic N) is 1. The monoisotopic (exact) mass is 414 g/mol. The predicted octanol–water partition coefficient (Wildman–Crippen LogP) is 0.752. The first-order valence-corrected chi connectivity index (χ1v) is 9.27. The molecule has 1 fully saturated rings. The fraction of sp³-hybridized carbons (Fsp3) is 0.526. The highest BCUT2D eigenvalue weighted by atomic mass is 35.5. The zero-order chi connectivity index (χ0) is 19.6. The van der Waals surface area contributed by atoms with Gasteiger partial charge >= 0.3 is 0 Å². The number of carbonyl (C=O) groups excluding carboxylic acids is 3. The first kappa shape index (κ1) is 23.8. The molecular weight excluding hydrogens is 387 g/mol. The molecule has 1 heterocycles. The van der Waals surface area contributed by atoms with Gasteiger partial charge in [0.25, 0.3) is 0 Å². The fourth-order valence-corrected chi connectivity index (χ4v) is 3.16. The molecule has 9 heteroatoms. The summed E-state index contributed by atoms with van der Waals surface area (Å²) in [6, 6.07) is 5.74. The Morgan fingerprint density at radius 1 is 1.18 bits per heavy atom. The second-order valence-corrected chi connectivity index (χ2v) is 6.66. The predicted molar refractivity (Wildman–Crippen MR) is 106 cm³/mol. The molecule has 1 aliphatic rings. The van der Waals surface area contributed by atoms with E-state index in [1.807, 2.05) is 0 Å². The van der Waals surface area contributed by atoms with Gasteiger partial charge in [-0.25, -0.2) is 4.39 Å². The van der Waals surface area contributed by atoms with Gasteiger partial charge in [0.05, 0.1) is 13.0 Å². The summed E-state index contributed by atoms with van der Waals surface area (Å²) in [6.07, 6.45) is 2.98. The molecule has 28 heavy (non-hydrogen) atoms. The highest BCUT2D eigenvalue weighted by Gasteiger charge is 2.27. The molecular formula is C19H28ClFN4O3. The van der Waals surface area contributed by atoms with Gasteiger partial charge < -0.3 is 21.3 Å². The Hall–Kier alpha value is -2.19. The smallest absolute Gasteiger partial charge is 0.242 e.